The van der Waals surface area contributed by atoms with Gasteiger partial charge in [-0.3, -0.25) is 4.79 Å². The number of nitrogens with zero attached hydrogens (tertiary/aromatic N) is 3. The Morgan fingerprint density at radius 3 is 2.39 bits per heavy atom. The predicted molar refractivity (Wildman–Crippen MR) is 89.5 cm³/mol. The summed E-state index contributed by atoms with van der Waals surface area (Å²) in [6.07, 6.45) is 2.40. The van der Waals surface area contributed by atoms with Gasteiger partial charge in [-0.05, 0) is 30.9 Å². The molecule has 0 saturated heterocycles. The van der Waals surface area contributed by atoms with Crippen LogP contribution in [0.2, 0.25) is 0 Å². The fourth-order valence-corrected chi connectivity index (χ4v) is 2.60. The second-order valence-corrected chi connectivity index (χ2v) is 5.67. The zero-order chi connectivity index (χ0) is 16.1. The van der Waals surface area contributed by atoms with Crippen LogP contribution in [0.4, 0.5) is 0 Å². The lowest BCUT2D eigenvalue weighted by atomic mass is 10.1. The van der Waals surface area contributed by atoms with Crippen LogP contribution in [0, 0.1) is 6.92 Å². The summed E-state index contributed by atoms with van der Waals surface area (Å²) in [7, 11) is 0. The normalized spacial score (nSPS) is 10.7. The van der Waals surface area contributed by atoms with Crippen LogP contribution in [0.3, 0.4) is 0 Å². The lowest BCUT2D eigenvalue weighted by Gasteiger charge is -2.07. The van der Waals surface area contributed by atoms with Gasteiger partial charge in [0.2, 0.25) is 0 Å². The largest absolute Gasteiger partial charge is 0.296 e. The van der Waals surface area contributed by atoms with Crippen molar-refractivity contribution in [1.29, 1.82) is 0 Å². The highest BCUT2D eigenvalue weighted by Gasteiger charge is 2.12. The van der Waals surface area contributed by atoms with Crippen LogP contribution in [-0.4, -0.2) is 21.3 Å². The quantitative estimate of drug-likeness (QED) is 0.657. The highest BCUT2D eigenvalue weighted by Crippen LogP contribution is 2.12. The summed E-state index contributed by atoms with van der Waals surface area (Å²) in [5.41, 5.74) is 4.97. The van der Waals surface area contributed by atoms with Crippen LogP contribution in [0.15, 0.2) is 54.6 Å². The van der Waals surface area contributed by atoms with Gasteiger partial charge in [0.1, 0.15) is 5.69 Å². The van der Waals surface area contributed by atoms with E-state index >= 15 is 0 Å². The summed E-state index contributed by atoms with van der Waals surface area (Å²) in [6.45, 7) is 2.71. The van der Waals surface area contributed by atoms with E-state index in [2.05, 4.69) is 41.5 Å². The third-order valence-corrected chi connectivity index (χ3v) is 3.93. The Morgan fingerprint density at radius 1 is 0.957 bits per heavy atom. The second-order valence-electron chi connectivity index (χ2n) is 5.67. The minimum atomic E-state index is 0.438. The molecule has 23 heavy (non-hydrogen) atoms. The number of hydrogen-bond acceptors (Lipinski definition) is 3. The Hall–Kier alpha value is -2.75. The van der Waals surface area contributed by atoms with Crippen molar-refractivity contribution >= 4 is 6.29 Å². The van der Waals surface area contributed by atoms with Gasteiger partial charge in [-0.1, -0.05) is 65.4 Å². The van der Waals surface area contributed by atoms with Crippen LogP contribution in [0.1, 0.15) is 32.9 Å². The van der Waals surface area contributed by atoms with Gasteiger partial charge >= 0.3 is 0 Å². The molecule has 0 amide bonds. The molecule has 0 N–H and O–H groups in total. The van der Waals surface area contributed by atoms with E-state index in [9.17, 15) is 4.79 Å². The minimum absolute atomic E-state index is 0.438. The van der Waals surface area contributed by atoms with Crippen LogP contribution < -0.4 is 0 Å². The fourth-order valence-electron chi connectivity index (χ4n) is 2.60. The molecule has 0 fully saturated rings. The summed E-state index contributed by atoms with van der Waals surface area (Å²) in [6, 6.07) is 18.5. The molecule has 0 atom stereocenters. The fraction of sp³-hybridized carbons (Fsp3) is 0.211. The Bertz CT molecular complexity index is 776. The first-order valence-electron chi connectivity index (χ1n) is 7.73. The van der Waals surface area contributed by atoms with Crippen molar-refractivity contribution in [2.24, 2.45) is 0 Å². The van der Waals surface area contributed by atoms with Gasteiger partial charge in [-0.2, -0.15) is 0 Å². The van der Waals surface area contributed by atoms with Crippen LogP contribution in [0.5, 0.6) is 0 Å². The Morgan fingerprint density at radius 2 is 1.70 bits per heavy atom. The van der Waals surface area contributed by atoms with E-state index < -0.39 is 0 Å². The van der Waals surface area contributed by atoms with Crippen LogP contribution >= 0.6 is 0 Å². The molecule has 1 heterocycles. The Balaban J connectivity index is 1.78. The monoisotopic (exact) mass is 305 g/mol. The van der Waals surface area contributed by atoms with Gasteiger partial charge in [0.25, 0.3) is 0 Å². The molecule has 0 unspecified atom stereocenters. The zero-order valence-electron chi connectivity index (χ0n) is 13.1. The molecule has 4 nitrogen and oxygen atoms in total. The van der Waals surface area contributed by atoms with Crippen molar-refractivity contribution < 1.29 is 4.79 Å². The zero-order valence-corrected chi connectivity index (χ0v) is 13.1. The van der Waals surface area contributed by atoms with Crippen molar-refractivity contribution in [3.8, 4) is 0 Å². The van der Waals surface area contributed by atoms with E-state index in [1.54, 1.807) is 0 Å². The summed E-state index contributed by atoms with van der Waals surface area (Å²) < 4.78 is 1.83. The van der Waals surface area contributed by atoms with Crippen LogP contribution in [0.25, 0.3) is 0 Å². The van der Waals surface area contributed by atoms with Gasteiger partial charge in [0, 0.05) is 0 Å². The number of benzene rings is 2. The third kappa shape index (κ3) is 3.72. The minimum Gasteiger partial charge on any atom is -0.296 e. The van der Waals surface area contributed by atoms with Crippen molar-refractivity contribution in [2.75, 3.05) is 0 Å². The van der Waals surface area contributed by atoms with Gasteiger partial charge < -0.3 is 0 Å². The van der Waals surface area contributed by atoms with Gasteiger partial charge in [0.05, 0.1) is 12.2 Å². The van der Waals surface area contributed by atoms with E-state index in [1.807, 2.05) is 35.0 Å². The van der Waals surface area contributed by atoms with E-state index in [-0.39, 0.29) is 0 Å². The number of rotatable bonds is 6. The summed E-state index contributed by atoms with van der Waals surface area (Å²) in [5.74, 6) is 0. The number of aryl methyl sites for hydroxylation is 2. The number of carbonyl (C=O) groups excluding carboxylic acids is 1. The van der Waals surface area contributed by atoms with E-state index in [0.29, 0.717) is 12.2 Å². The molecule has 0 spiro atoms. The summed E-state index contributed by atoms with van der Waals surface area (Å²) >= 11 is 0. The standard InChI is InChI=1S/C19H19N3O/c1-15-7-9-16(10-8-15)11-12-19-18(14-23)20-21-22(19)13-17-5-3-2-4-6-17/h2-10,14H,11-13H2,1H3. The third-order valence-electron chi connectivity index (χ3n) is 3.93. The van der Waals surface area contributed by atoms with Crippen molar-refractivity contribution in [3.63, 3.8) is 0 Å². The highest BCUT2D eigenvalue weighted by atomic mass is 16.1. The first-order valence-corrected chi connectivity index (χ1v) is 7.73. The van der Waals surface area contributed by atoms with Crippen molar-refractivity contribution in [1.82, 2.24) is 15.0 Å². The molecule has 4 heteroatoms. The predicted octanol–water partition coefficient (Wildman–Crippen LogP) is 3.23. The maximum absolute atomic E-state index is 11.2. The average molecular weight is 305 g/mol. The topological polar surface area (TPSA) is 47.8 Å². The molecule has 0 radical (unpaired) electrons. The Labute approximate surface area is 135 Å². The number of carbonyl (C=O) groups is 1. The number of aromatic nitrogens is 3. The van der Waals surface area contributed by atoms with Gasteiger partial charge in [0.15, 0.2) is 6.29 Å². The molecule has 1 aromatic heterocycles. The van der Waals surface area contributed by atoms with Gasteiger partial charge in [-0.25, -0.2) is 4.68 Å². The molecular formula is C19H19N3O. The van der Waals surface area contributed by atoms with Crippen LogP contribution in [-0.2, 0) is 19.4 Å². The van der Waals surface area contributed by atoms with E-state index in [0.717, 1.165) is 30.4 Å². The summed E-state index contributed by atoms with van der Waals surface area (Å²) in [5, 5.41) is 8.15. The maximum Gasteiger partial charge on any atom is 0.172 e. The highest BCUT2D eigenvalue weighted by molar-refractivity contribution is 5.73. The lowest BCUT2D eigenvalue weighted by molar-refractivity contribution is 0.111. The van der Waals surface area contributed by atoms with E-state index in [4.69, 9.17) is 0 Å². The first kappa shape index (κ1) is 15.2. The summed E-state index contributed by atoms with van der Waals surface area (Å²) in [4.78, 5) is 11.2. The molecule has 0 bridgehead atoms. The molecule has 0 aliphatic carbocycles. The molecule has 0 aliphatic heterocycles. The molecule has 0 saturated carbocycles. The molecule has 2 aromatic carbocycles. The maximum atomic E-state index is 11.2. The van der Waals surface area contributed by atoms with E-state index in [1.165, 1.54) is 11.1 Å². The SMILES string of the molecule is Cc1ccc(CCc2c(C=O)nnn2Cc2ccccc2)cc1. The number of aldehydes is 1. The first-order chi connectivity index (χ1) is 11.3. The lowest BCUT2D eigenvalue weighted by Crippen LogP contribution is -2.08. The van der Waals surface area contributed by atoms with Crippen molar-refractivity contribution in [2.45, 2.75) is 26.3 Å². The molecule has 0 aliphatic rings. The number of hydrogen-bond donors (Lipinski definition) is 0. The molecule has 3 rings (SSSR count). The molecule has 116 valence electrons. The van der Waals surface area contributed by atoms with Gasteiger partial charge in [-0.15, -0.1) is 5.10 Å². The second kappa shape index (κ2) is 7.01. The molecular weight excluding hydrogens is 286 g/mol. The smallest absolute Gasteiger partial charge is 0.172 e. The molecule has 3 aromatic rings. The Kier molecular flexibility index (Phi) is 4.62. The van der Waals surface area contributed by atoms with Crippen molar-refractivity contribution in [3.05, 3.63) is 82.7 Å². The average Bonchev–Trinajstić information content (AvgIpc) is 2.97.